The van der Waals surface area contributed by atoms with Gasteiger partial charge in [0.25, 0.3) is 0 Å². The molecule has 0 spiro atoms. The van der Waals surface area contributed by atoms with Crippen LogP contribution in [-0.2, 0) is 57.5 Å². The molecule has 0 bridgehead atoms. The molecule has 0 unspecified atom stereocenters. The normalized spacial score (nSPS) is 12.9. The number of allylic oxidation sites excluding steroid dienone is 23. The number of alkyl halides is 3. The van der Waals surface area contributed by atoms with Crippen LogP contribution in [0.2, 0.25) is 0 Å². The highest BCUT2D eigenvalue weighted by Crippen LogP contribution is 2.25. The van der Waals surface area contributed by atoms with Crippen molar-refractivity contribution in [2.45, 2.75) is 461 Å². The van der Waals surface area contributed by atoms with Crippen LogP contribution in [0.1, 0.15) is 466 Å². The van der Waals surface area contributed by atoms with E-state index in [1.807, 2.05) is 39.8 Å². The largest absolute Gasteiger partial charge is 0.876 e. The Bertz CT molecular complexity index is 4340. The van der Waals surface area contributed by atoms with Crippen molar-refractivity contribution < 1.29 is 132 Å². The van der Waals surface area contributed by atoms with Gasteiger partial charge in [-0.2, -0.15) is 13.2 Å². The van der Waals surface area contributed by atoms with Crippen LogP contribution in [0.5, 0.6) is 0 Å². The molecule has 147 heavy (non-hydrogen) atoms. The zero-order valence-corrected chi connectivity index (χ0v) is 93.5. The van der Waals surface area contributed by atoms with Gasteiger partial charge in [-0.1, -0.05) is 361 Å². The topological polar surface area (TPSA) is 482 Å². The zero-order valence-electron chi connectivity index (χ0n) is 93.5. The van der Waals surface area contributed by atoms with E-state index in [0.717, 1.165) is 102 Å². The molecule has 2 aliphatic rings. The number of carbonyl (C=O) groups excluding carboxylic acids is 12. The van der Waals surface area contributed by atoms with E-state index in [9.17, 15) is 132 Å². The minimum Gasteiger partial charge on any atom is -0.876 e. The Morgan fingerprint density at radius 3 is 0.789 bits per heavy atom. The summed E-state index contributed by atoms with van der Waals surface area (Å²) in [5.74, 6) is -4.58. The lowest BCUT2D eigenvalue weighted by Gasteiger charge is -2.22. The number of carbonyl (C=O) groups is 12. The number of benzene rings is 2. The van der Waals surface area contributed by atoms with Crippen LogP contribution < -0.4 is 61.3 Å². The van der Waals surface area contributed by atoms with Gasteiger partial charge in [0.05, 0.1) is 0 Å². The van der Waals surface area contributed by atoms with Crippen LogP contribution in [0.3, 0.4) is 0 Å². The van der Waals surface area contributed by atoms with E-state index in [4.69, 9.17) is 0 Å². The third kappa shape index (κ3) is 113. The third-order valence-corrected chi connectivity index (χ3v) is 20.9. The fourth-order valence-corrected chi connectivity index (χ4v) is 13.8. The fraction of sp³-hybridized carbons (Fsp3) is 0.600. The summed E-state index contributed by atoms with van der Waals surface area (Å²) in [6, 6.07) is 17.8. The van der Waals surface area contributed by atoms with Crippen LogP contribution in [-0.4, -0.2) is 75.6 Å². The van der Waals surface area contributed by atoms with Crippen LogP contribution in [0.25, 0.3) is 11.3 Å². The fourth-order valence-electron chi connectivity index (χ4n) is 13.8. The Balaban J connectivity index is -0.000000243. The van der Waals surface area contributed by atoms with Crippen LogP contribution >= 0.6 is 0 Å². The lowest BCUT2D eigenvalue weighted by Crippen LogP contribution is -2.23. The summed E-state index contributed by atoms with van der Waals surface area (Å²) in [7, 11) is 0. The molecular weight excluding hydrogens is 1880 g/mol. The monoisotopic (exact) mass is 2060 g/mol. The molecule has 0 saturated heterocycles. The molecule has 0 N–H and O–H groups in total. The molecular formula is C120H181F3O24-12. The second kappa shape index (κ2) is 101. The number of unbranched alkanes of at least 4 members (excludes halogenated alkanes) is 29. The van der Waals surface area contributed by atoms with E-state index in [-0.39, 0.29) is 145 Å². The smallest absolute Gasteiger partial charge is 0.402 e. The summed E-state index contributed by atoms with van der Waals surface area (Å²) in [6.07, 6.45) is 53.3. The maximum Gasteiger partial charge on any atom is 0.402 e. The molecule has 0 amide bonds. The molecule has 838 valence electrons. The number of Topliss-reactive ketones (excluding diaryl/α,β-unsaturated/α-hetero) is 4. The third-order valence-electron chi connectivity index (χ3n) is 20.9. The van der Waals surface area contributed by atoms with Gasteiger partial charge in [0.2, 0.25) is 0 Å². The summed E-state index contributed by atoms with van der Waals surface area (Å²) in [5, 5.41) is 129. The van der Waals surface area contributed by atoms with E-state index in [2.05, 4.69) is 27.7 Å². The van der Waals surface area contributed by atoms with Gasteiger partial charge >= 0.3 is 6.18 Å². The Hall–Kier alpha value is -11.3. The Morgan fingerprint density at radius 1 is 0.299 bits per heavy atom. The average molecular weight is 2060 g/mol. The minimum atomic E-state index is -4.92. The Kier molecular flexibility index (Phi) is 103. The first-order valence-electron chi connectivity index (χ1n) is 52.6. The second-order valence-electron chi connectivity index (χ2n) is 37.4. The molecule has 0 saturated carbocycles. The molecule has 2 aliphatic carbocycles. The molecule has 0 aromatic heterocycles. The summed E-state index contributed by atoms with van der Waals surface area (Å²) >= 11 is 0. The molecule has 0 fully saturated rings. The molecule has 2 aromatic rings. The number of rotatable bonds is 55. The number of hydrogen-bond acceptors (Lipinski definition) is 24. The summed E-state index contributed by atoms with van der Waals surface area (Å²) < 4.78 is 33.8. The highest BCUT2D eigenvalue weighted by Gasteiger charge is 2.26. The van der Waals surface area contributed by atoms with Gasteiger partial charge in [-0.05, 0) is 247 Å². The average Bonchev–Trinajstić information content (AvgIpc) is 1.10. The van der Waals surface area contributed by atoms with Crippen molar-refractivity contribution >= 4 is 80.7 Å². The quantitative estimate of drug-likeness (QED) is 0.0337. The van der Waals surface area contributed by atoms with Gasteiger partial charge in [0.15, 0.2) is 69.4 Å². The summed E-state index contributed by atoms with van der Waals surface area (Å²) in [6.45, 7) is 37.2. The molecule has 24 nitrogen and oxygen atoms in total. The Labute approximate surface area is 881 Å². The van der Waals surface area contributed by atoms with Gasteiger partial charge in [-0.25, -0.2) is 0 Å². The minimum absolute atomic E-state index is 0.00556. The molecule has 0 atom stereocenters. The first kappa shape index (κ1) is 151. The predicted octanol–water partition coefficient (Wildman–Crippen LogP) is 19.6. The number of ketones is 12. The summed E-state index contributed by atoms with van der Waals surface area (Å²) in [4.78, 5) is 127. The van der Waals surface area contributed by atoms with E-state index in [0.29, 0.717) is 98.0 Å². The van der Waals surface area contributed by atoms with Crippen molar-refractivity contribution in [2.24, 2.45) is 11.8 Å². The van der Waals surface area contributed by atoms with Gasteiger partial charge < -0.3 is 61.3 Å². The van der Waals surface area contributed by atoms with Gasteiger partial charge in [-0.3, -0.25) is 57.5 Å². The van der Waals surface area contributed by atoms with Gasteiger partial charge in [0, 0.05) is 12.0 Å². The molecule has 4 rings (SSSR count). The number of hydrogen-bond donors (Lipinski definition) is 0. The van der Waals surface area contributed by atoms with Crippen molar-refractivity contribution in [3.05, 3.63) is 200 Å². The maximum absolute atomic E-state index is 11.6. The first-order valence-corrected chi connectivity index (χ1v) is 52.6. The van der Waals surface area contributed by atoms with Crippen molar-refractivity contribution in [1.29, 1.82) is 0 Å². The lowest BCUT2D eigenvalue weighted by atomic mass is 9.95. The molecule has 0 aliphatic heterocycles. The van der Waals surface area contributed by atoms with Crippen LogP contribution in [0.4, 0.5) is 13.2 Å². The van der Waals surface area contributed by atoms with Crippen LogP contribution in [0.15, 0.2) is 189 Å². The standard InChI is InChI=1S/C24H46O2.C13H16O2.C13H24O2.C12H22O2.C11H12O2.C9H16O2.C8H12O2.C8H14O2.C7H10O2.C5H5F3O2.2C5H8O2/c1-3-4-5-6-7-8-9-10-11-12-13-14-15-16-17-18-19-20-21-24(26)22-23(2)25;1-10(2)8-12(14)9-13(15)11-6-4-3-5-7-11;1-4-5-6-7-8-9-10-13(11(2)14)12(3)15;1-3-4-5-6-7-8-9-12(14)10-11(2)13;1-8(12)11(9(2)13)10-6-4-3-5-7-10;1-3-4-5-6-9(11)7-8(2)10;1-6(9)7-4-2-3-5-8(7)10;1-6(2)4-8(10)5-7(3)9;1-5(8)6-3-2-4-7(6)9;1-3(9)2-4(10)5(6,7)8;2*1-4(6)3-5(2)7/h22,26H,3-21H2,1-2H3;3-7,9-10,15H,8H2,1-2H3;14H,4-10H2,1-3H3;10,14H,3-9H2,1-2H3;3-7,12H,1-2H3;7,11H,3-6H2,1-2H3;10H,2-5H2,1H3;5-6,10H,4H2,1-3H3;9H,2-4H2,1H3;2,10H,1H3;2*3,6H,1-2H3/p-12/b24-22-;;13-11-;12-10-;11-8+;9-7-;;8-5-;;4-2-;2*4-3-. The molecule has 2 aromatic carbocycles. The summed E-state index contributed by atoms with van der Waals surface area (Å²) in [5.41, 5.74) is 3.09. The van der Waals surface area contributed by atoms with Gasteiger partial charge in [0.1, 0.15) is 0 Å². The first-order chi connectivity index (χ1) is 68.8. The van der Waals surface area contributed by atoms with Crippen molar-refractivity contribution in [3.8, 4) is 0 Å². The molecule has 27 heteroatoms. The van der Waals surface area contributed by atoms with Crippen molar-refractivity contribution in [3.63, 3.8) is 0 Å². The van der Waals surface area contributed by atoms with Crippen molar-refractivity contribution in [1.82, 2.24) is 0 Å². The van der Waals surface area contributed by atoms with Crippen LogP contribution in [0, 0.1) is 11.8 Å². The predicted molar refractivity (Wildman–Crippen MR) is 561 cm³/mol. The molecule has 0 heterocycles. The maximum atomic E-state index is 11.6. The zero-order chi connectivity index (χ0) is 114. The lowest BCUT2D eigenvalue weighted by molar-refractivity contribution is -0.360. The SMILES string of the molecule is CC(=O)/C(=C(/C)[O-])c1ccccc1.CC(=O)/C=C(/C)[O-].CC(=O)/C=C(/C)[O-].CC(=O)/C=C(\[O-])C(F)(F)F.CC(=O)/C=C(\[O-])CC(C)C.CC(=O)C1=C([O-])CCC1.CC(=O)C1=C([O-])CCCC1.CC(C)CC(=O)C=C([O-])c1ccccc1.CCCCC/C([O-])=C/C(C)=O.CCCCCCCC/C(C(C)=O)=C(\C)[O-].CCCCCCCC/C([O-])=C/C(C)=O.CCCCCCCCCCCCCCCCCCCC/C([O-])=C/C(C)=O. The number of halogens is 3. The van der Waals surface area contributed by atoms with Gasteiger partial charge in [-0.15, -0.1) is 57.6 Å². The Morgan fingerprint density at radius 2 is 0.565 bits per heavy atom. The highest BCUT2D eigenvalue weighted by atomic mass is 19.4. The highest BCUT2D eigenvalue weighted by molar-refractivity contribution is 6.20. The van der Waals surface area contributed by atoms with E-state index in [1.165, 1.54) is 275 Å². The van der Waals surface area contributed by atoms with E-state index >= 15 is 0 Å². The molecule has 0 radical (unpaired) electrons. The van der Waals surface area contributed by atoms with E-state index < -0.39 is 17.7 Å². The second-order valence-corrected chi connectivity index (χ2v) is 37.4. The van der Waals surface area contributed by atoms with Crippen molar-refractivity contribution in [2.75, 3.05) is 0 Å². The van der Waals surface area contributed by atoms with E-state index in [1.54, 1.807) is 48.5 Å².